The Bertz CT molecular complexity index is 428. The normalized spacial score (nSPS) is 11.5. The SMILES string of the molecule is CCCCCCCC/C=C\c1c(C)cc(CCCO)nc1C. The van der Waals surface area contributed by atoms with Gasteiger partial charge in [-0.05, 0) is 56.7 Å². The van der Waals surface area contributed by atoms with E-state index in [9.17, 15) is 0 Å². The highest BCUT2D eigenvalue weighted by Gasteiger charge is 2.04. The van der Waals surface area contributed by atoms with Crippen molar-refractivity contribution in [2.24, 2.45) is 0 Å². The van der Waals surface area contributed by atoms with E-state index in [4.69, 9.17) is 5.11 Å². The number of hydrogen-bond acceptors (Lipinski definition) is 2. The van der Waals surface area contributed by atoms with Crippen LogP contribution in [0.3, 0.4) is 0 Å². The van der Waals surface area contributed by atoms with Gasteiger partial charge in [0, 0.05) is 18.0 Å². The molecule has 0 radical (unpaired) electrons. The summed E-state index contributed by atoms with van der Waals surface area (Å²) in [4.78, 5) is 4.66. The molecule has 1 N–H and O–H groups in total. The van der Waals surface area contributed by atoms with Gasteiger partial charge in [0.2, 0.25) is 0 Å². The van der Waals surface area contributed by atoms with E-state index in [1.165, 1.54) is 49.7 Å². The molecule has 1 heterocycles. The van der Waals surface area contributed by atoms with Crippen molar-refractivity contribution in [3.63, 3.8) is 0 Å². The average molecular weight is 303 g/mol. The van der Waals surface area contributed by atoms with E-state index >= 15 is 0 Å². The molecule has 2 nitrogen and oxygen atoms in total. The van der Waals surface area contributed by atoms with Crippen molar-refractivity contribution >= 4 is 6.08 Å². The fourth-order valence-electron chi connectivity index (χ4n) is 2.80. The van der Waals surface area contributed by atoms with Gasteiger partial charge in [-0.2, -0.15) is 0 Å². The van der Waals surface area contributed by atoms with Crippen LogP contribution >= 0.6 is 0 Å². The fourth-order valence-corrected chi connectivity index (χ4v) is 2.80. The molecule has 0 bridgehead atoms. The van der Waals surface area contributed by atoms with Gasteiger partial charge < -0.3 is 5.11 Å². The number of nitrogens with zero attached hydrogens (tertiary/aromatic N) is 1. The summed E-state index contributed by atoms with van der Waals surface area (Å²) in [6.07, 6.45) is 15.4. The summed E-state index contributed by atoms with van der Waals surface area (Å²) in [5.74, 6) is 0. The van der Waals surface area contributed by atoms with E-state index in [1.807, 2.05) is 0 Å². The van der Waals surface area contributed by atoms with Crippen LogP contribution in [0, 0.1) is 13.8 Å². The molecule has 0 aliphatic rings. The quantitative estimate of drug-likeness (QED) is 0.556. The van der Waals surface area contributed by atoms with Crippen molar-refractivity contribution in [3.8, 4) is 0 Å². The van der Waals surface area contributed by atoms with Gasteiger partial charge in [-0.25, -0.2) is 0 Å². The molecule has 0 aliphatic heterocycles. The number of hydrogen-bond donors (Lipinski definition) is 1. The summed E-state index contributed by atoms with van der Waals surface area (Å²) in [5, 5.41) is 8.92. The molecular formula is C20H33NO. The Morgan fingerprint density at radius 1 is 1.05 bits per heavy atom. The third-order valence-corrected chi connectivity index (χ3v) is 4.11. The largest absolute Gasteiger partial charge is 0.396 e. The summed E-state index contributed by atoms with van der Waals surface area (Å²) < 4.78 is 0. The lowest BCUT2D eigenvalue weighted by Gasteiger charge is -2.08. The van der Waals surface area contributed by atoms with Crippen molar-refractivity contribution in [3.05, 3.63) is 34.7 Å². The van der Waals surface area contributed by atoms with E-state index in [1.54, 1.807) is 0 Å². The van der Waals surface area contributed by atoms with Crippen molar-refractivity contribution in [2.75, 3.05) is 6.61 Å². The monoisotopic (exact) mass is 303 g/mol. The first kappa shape index (κ1) is 18.9. The second-order valence-electron chi connectivity index (χ2n) is 6.22. The van der Waals surface area contributed by atoms with Gasteiger partial charge in [0.15, 0.2) is 0 Å². The van der Waals surface area contributed by atoms with Crippen LogP contribution in [-0.2, 0) is 6.42 Å². The number of allylic oxidation sites excluding steroid dienone is 1. The summed E-state index contributed by atoms with van der Waals surface area (Å²) in [6, 6.07) is 2.16. The Morgan fingerprint density at radius 2 is 1.77 bits per heavy atom. The molecule has 2 heteroatoms. The Labute approximate surface area is 136 Å². The van der Waals surface area contributed by atoms with Crippen LogP contribution in [-0.4, -0.2) is 16.7 Å². The molecular weight excluding hydrogens is 270 g/mol. The van der Waals surface area contributed by atoms with E-state index < -0.39 is 0 Å². The zero-order valence-electron chi connectivity index (χ0n) is 14.7. The third kappa shape index (κ3) is 7.22. The highest BCUT2D eigenvalue weighted by molar-refractivity contribution is 5.56. The standard InChI is InChI=1S/C20H33NO/c1-4-5-6-7-8-9-10-11-14-20-17(2)16-19(13-12-15-22)21-18(20)3/h11,14,16,22H,4-10,12-13,15H2,1-3H3/b14-11-. The molecule has 0 fully saturated rings. The Balaban J connectivity index is 2.43. The van der Waals surface area contributed by atoms with E-state index in [0.29, 0.717) is 0 Å². The maximum Gasteiger partial charge on any atom is 0.0450 e. The predicted molar refractivity (Wildman–Crippen MR) is 96.1 cm³/mol. The first-order chi connectivity index (χ1) is 10.7. The molecule has 0 saturated heterocycles. The molecule has 0 unspecified atom stereocenters. The van der Waals surface area contributed by atoms with E-state index in [2.05, 4.69) is 44.0 Å². The molecule has 1 aromatic heterocycles. The van der Waals surface area contributed by atoms with Crippen LogP contribution in [0.25, 0.3) is 6.08 Å². The van der Waals surface area contributed by atoms with E-state index in [0.717, 1.165) is 30.7 Å². The number of aliphatic hydroxyl groups is 1. The van der Waals surface area contributed by atoms with Crippen LogP contribution < -0.4 is 0 Å². The van der Waals surface area contributed by atoms with Crippen LogP contribution in [0.5, 0.6) is 0 Å². The van der Waals surface area contributed by atoms with Crippen LogP contribution in [0.15, 0.2) is 12.1 Å². The van der Waals surface area contributed by atoms with Gasteiger partial charge >= 0.3 is 0 Å². The van der Waals surface area contributed by atoms with E-state index in [-0.39, 0.29) is 6.61 Å². The number of unbranched alkanes of at least 4 members (excludes halogenated alkanes) is 6. The third-order valence-electron chi connectivity index (χ3n) is 4.11. The minimum absolute atomic E-state index is 0.236. The van der Waals surface area contributed by atoms with Gasteiger partial charge in [-0.15, -0.1) is 0 Å². The molecule has 0 atom stereocenters. The van der Waals surface area contributed by atoms with Gasteiger partial charge in [0.05, 0.1) is 0 Å². The molecule has 0 aromatic carbocycles. The van der Waals surface area contributed by atoms with Crippen LogP contribution in [0.1, 0.15) is 80.8 Å². The molecule has 22 heavy (non-hydrogen) atoms. The van der Waals surface area contributed by atoms with Crippen LogP contribution in [0.2, 0.25) is 0 Å². The number of pyridine rings is 1. The fraction of sp³-hybridized carbons (Fsp3) is 0.650. The maximum atomic E-state index is 8.92. The zero-order chi connectivity index (χ0) is 16.2. The molecule has 0 spiro atoms. The minimum Gasteiger partial charge on any atom is -0.396 e. The predicted octanol–water partition coefficient (Wildman–Crippen LogP) is 5.39. The summed E-state index contributed by atoms with van der Waals surface area (Å²) in [6.45, 7) is 6.73. The van der Waals surface area contributed by atoms with Crippen molar-refractivity contribution in [1.82, 2.24) is 4.98 Å². The van der Waals surface area contributed by atoms with Gasteiger partial charge in [0.25, 0.3) is 0 Å². The van der Waals surface area contributed by atoms with Gasteiger partial charge in [-0.1, -0.05) is 51.2 Å². The molecule has 0 aliphatic carbocycles. The summed E-state index contributed by atoms with van der Waals surface area (Å²) in [7, 11) is 0. The molecule has 0 amide bonds. The molecule has 1 rings (SSSR count). The zero-order valence-corrected chi connectivity index (χ0v) is 14.7. The number of aliphatic hydroxyl groups excluding tert-OH is 1. The molecule has 0 saturated carbocycles. The number of aromatic nitrogens is 1. The average Bonchev–Trinajstić information content (AvgIpc) is 2.50. The first-order valence-electron chi connectivity index (χ1n) is 8.93. The lowest BCUT2D eigenvalue weighted by molar-refractivity contribution is 0.288. The maximum absolute atomic E-state index is 8.92. The highest BCUT2D eigenvalue weighted by atomic mass is 16.2. The lowest BCUT2D eigenvalue weighted by Crippen LogP contribution is -1.99. The highest BCUT2D eigenvalue weighted by Crippen LogP contribution is 2.17. The lowest BCUT2D eigenvalue weighted by atomic mass is 10.0. The minimum atomic E-state index is 0.236. The number of aryl methyl sites for hydroxylation is 3. The molecule has 124 valence electrons. The van der Waals surface area contributed by atoms with Crippen molar-refractivity contribution in [2.45, 2.75) is 78.6 Å². The smallest absolute Gasteiger partial charge is 0.0450 e. The van der Waals surface area contributed by atoms with Gasteiger partial charge in [-0.3, -0.25) is 4.98 Å². The summed E-state index contributed by atoms with van der Waals surface area (Å²) in [5.41, 5.74) is 4.75. The first-order valence-corrected chi connectivity index (χ1v) is 8.93. The second kappa shape index (κ2) is 11.4. The van der Waals surface area contributed by atoms with Crippen molar-refractivity contribution < 1.29 is 5.11 Å². The Kier molecular flexibility index (Phi) is 9.81. The summed E-state index contributed by atoms with van der Waals surface area (Å²) >= 11 is 0. The van der Waals surface area contributed by atoms with Crippen molar-refractivity contribution in [1.29, 1.82) is 0 Å². The number of rotatable bonds is 11. The molecule has 1 aromatic rings. The van der Waals surface area contributed by atoms with Crippen LogP contribution in [0.4, 0.5) is 0 Å². The Morgan fingerprint density at radius 3 is 2.45 bits per heavy atom. The second-order valence-corrected chi connectivity index (χ2v) is 6.22. The Hall–Kier alpha value is -1.15. The van der Waals surface area contributed by atoms with Gasteiger partial charge in [0.1, 0.15) is 0 Å². The topological polar surface area (TPSA) is 33.1 Å².